The number of hydrogen-bond acceptors (Lipinski definition) is 3. The van der Waals surface area contributed by atoms with Gasteiger partial charge in [0.2, 0.25) is 0 Å². The minimum atomic E-state index is -0.250. The fraction of sp³-hybridized carbons (Fsp3) is 0.875. The van der Waals surface area contributed by atoms with Crippen LogP contribution in [-0.4, -0.2) is 36.4 Å². The molecule has 1 spiro atoms. The van der Waals surface area contributed by atoms with Gasteiger partial charge >= 0.3 is 0 Å². The van der Waals surface area contributed by atoms with Crippen molar-refractivity contribution in [3.8, 4) is 0 Å². The first-order chi connectivity index (χ1) is 5.79. The van der Waals surface area contributed by atoms with E-state index in [1.165, 1.54) is 12.8 Å². The summed E-state index contributed by atoms with van der Waals surface area (Å²) in [6.07, 6.45) is 2.55. The smallest absolute Gasteiger partial charge is 0.290 e. The minimum Gasteiger partial charge on any atom is -0.483 e. The second-order valence-corrected chi connectivity index (χ2v) is 3.48. The summed E-state index contributed by atoms with van der Waals surface area (Å²) in [5, 5.41) is 19.0. The maximum atomic E-state index is 8.80. The normalized spacial score (nSPS) is 37.2. The standard InChI is InChI=1S/C7H13NO.CH2O2/c9-4-6-3-7(6)1-2-8-5-7;2-1-3/h6,8-9H,1-5H2;1H,(H,2,3). The van der Waals surface area contributed by atoms with Crippen molar-refractivity contribution >= 4 is 6.47 Å². The topological polar surface area (TPSA) is 69.6 Å². The summed E-state index contributed by atoms with van der Waals surface area (Å²) < 4.78 is 0. The van der Waals surface area contributed by atoms with Gasteiger partial charge in [0, 0.05) is 13.2 Å². The Hall–Kier alpha value is -0.610. The zero-order chi connectivity index (χ0) is 9.03. The molecule has 0 aromatic heterocycles. The SMILES string of the molecule is O=CO.OCC1CC12CCNC2. The first-order valence-electron chi connectivity index (χ1n) is 4.18. The average Bonchev–Trinajstić information content (AvgIpc) is 2.50. The molecule has 2 unspecified atom stereocenters. The van der Waals surface area contributed by atoms with Crippen LogP contribution in [0.25, 0.3) is 0 Å². The Morgan fingerprint density at radius 1 is 1.67 bits per heavy atom. The van der Waals surface area contributed by atoms with Crippen LogP contribution in [0.2, 0.25) is 0 Å². The van der Waals surface area contributed by atoms with Crippen molar-refractivity contribution in [2.45, 2.75) is 12.8 Å². The molecule has 0 aromatic carbocycles. The Morgan fingerprint density at radius 2 is 2.33 bits per heavy atom. The largest absolute Gasteiger partial charge is 0.483 e. The number of nitrogens with one attached hydrogen (secondary N) is 1. The van der Waals surface area contributed by atoms with Crippen molar-refractivity contribution in [2.24, 2.45) is 11.3 Å². The van der Waals surface area contributed by atoms with Gasteiger partial charge < -0.3 is 15.5 Å². The van der Waals surface area contributed by atoms with E-state index in [0.717, 1.165) is 13.1 Å². The molecular weight excluding hydrogens is 158 g/mol. The predicted octanol–water partition coefficient (Wildman–Crippen LogP) is -0.321. The summed E-state index contributed by atoms with van der Waals surface area (Å²) >= 11 is 0. The number of aliphatic hydroxyl groups is 1. The molecule has 4 heteroatoms. The molecule has 4 nitrogen and oxygen atoms in total. The Morgan fingerprint density at radius 3 is 2.67 bits per heavy atom. The van der Waals surface area contributed by atoms with E-state index >= 15 is 0 Å². The predicted molar refractivity (Wildman–Crippen MR) is 43.8 cm³/mol. The van der Waals surface area contributed by atoms with Gasteiger partial charge in [0.25, 0.3) is 6.47 Å². The van der Waals surface area contributed by atoms with Crippen LogP contribution in [0.4, 0.5) is 0 Å². The van der Waals surface area contributed by atoms with E-state index in [-0.39, 0.29) is 6.47 Å². The molecule has 0 amide bonds. The summed E-state index contributed by atoms with van der Waals surface area (Å²) in [6.45, 7) is 2.47. The highest BCUT2D eigenvalue weighted by atomic mass is 16.3. The summed E-state index contributed by atoms with van der Waals surface area (Å²) in [4.78, 5) is 8.36. The van der Waals surface area contributed by atoms with Gasteiger partial charge in [0.1, 0.15) is 0 Å². The lowest BCUT2D eigenvalue weighted by atomic mass is 10.0. The number of rotatable bonds is 1. The molecule has 3 N–H and O–H groups in total. The summed E-state index contributed by atoms with van der Waals surface area (Å²) in [7, 11) is 0. The lowest BCUT2D eigenvalue weighted by Crippen LogP contribution is -2.11. The molecule has 1 aliphatic heterocycles. The number of aliphatic hydroxyl groups excluding tert-OH is 1. The van der Waals surface area contributed by atoms with E-state index in [1.807, 2.05) is 0 Å². The van der Waals surface area contributed by atoms with E-state index in [0.29, 0.717) is 17.9 Å². The van der Waals surface area contributed by atoms with E-state index in [4.69, 9.17) is 15.0 Å². The fourth-order valence-electron chi connectivity index (χ4n) is 1.98. The zero-order valence-electron chi connectivity index (χ0n) is 6.99. The number of carboxylic acid groups (broad SMARTS) is 1. The van der Waals surface area contributed by atoms with E-state index in [9.17, 15) is 0 Å². The van der Waals surface area contributed by atoms with Crippen LogP contribution < -0.4 is 5.32 Å². The van der Waals surface area contributed by atoms with Gasteiger partial charge in [-0.05, 0) is 30.7 Å². The van der Waals surface area contributed by atoms with Gasteiger partial charge in [0.15, 0.2) is 0 Å². The molecule has 2 rings (SSSR count). The van der Waals surface area contributed by atoms with Gasteiger partial charge in [0.05, 0.1) is 0 Å². The molecule has 1 saturated heterocycles. The maximum Gasteiger partial charge on any atom is 0.290 e. The Labute approximate surface area is 71.6 Å². The van der Waals surface area contributed by atoms with E-state index in [1.54, 1.807) is 0 Å². The third kappa shape index (κ3) is 1.76. The molecule has 0 radical (unpaired) electrons. The highest BCUT2D eigenvalue weighted by molar-refractivity contribution is 5.32. The molecule has 1 saturated carbocycles. The molecule has 2 aliphatic rings. The van der Waals surface area contributed by atoms with Crippen molar-refractivity contribution in [3.05, 3.63) is 0 Å². The van der Waals surface area contributed by atoms with Crippen molar-refractivity contribution in [3.63, 3.8) is 0 Å². The molecule has 1 heterocycles. The second-order valence-electron chi connectivity index (χ2n) is 3.48. The molecule has 1 aliphatic carbocycles. The molecule has 2 fully saturated rings. The third-order valence-electron chi connectivity index (χ3n) is 2.86. The molecule has 2 atom stereocenters. The minimum absolute atomic E-state index is 0.250. The zero-order valence-corrected chi connectivity index (χ0v) is 6.99. The fourth-order valence-corrected chi connectivity index (χ4v) is 1.98. The molecule has 12 heavy (non-hydrogen) atoms. The van der Waals surface area contributed by atoms with Crippen LogP contribution >= 0.6 is 0 Å². The van der Waals surface area contributed by atoms with Crippen molar-refractivity contribution < 1.29 is 15.0 Å². The van der Waals surface area contributed by atoms with Crippen LogP contribution in [-0.2, 0) is 4.79 Å². The average molecular weight is 173 g/mol. The maximum absolute atomic E-state index is 8.80. The molecular formula is C8H15NO3. The summed E-state index contributed by atoms with van der Waals surface area (Å²) in [6, 6.07) is 0. The first kappa shape index (κ1) is 9.48. The van der Waals surface area contributed by atoms with Crippen LogP contribution in [0.5, 0.6) is 0 Å². The van der Waals surface area contributed by atoms with Crippen LogP contribution in [0.3, 0.4) is 0 Å². The quantitative estimate of drug-likeness (QED) is 0.475. The highest BCUT2D eigenvalue weighted by Gasteiger charge is 2.54. The van der Waals surface area contributed by atoms with Gasteiger partial charge in [-0.2, -0.15) is 0 Å². The van der Waals surface area contributed by atoms with Crippen molar-refractivity contribution in [2.75, 3.05) is 19.7 Å². The van der Waals surface area contributed by atoms with Crippen LogP contribution in [0.1, 0.15) is 12.8 Å². The summed E-state index contributed by atoms with van der Waals surface area (Å²) in [5.74, 6) is 0.632. The van der Waals surface area contributed by atoms with E-state index < -0.39 is 0 Å². The van der Waals surface area contributed by atoms with Crippen molar-refractivity contribution in [1.82, 2.24) is 5.32 Å². The Balaban J connectivity index is 0.000000213. The lowest BCUT2D eigenvalue weighted by molar-refractivity contribution is -0.122. The first-order valence-corrected chi connectivity index (χ1v) is 4.18. The van der Waals surface area contributed by atoms with Crippen molar-refractivity contribution in [1.29, 1.82) is 0 Å². The number of hydrogen-bond donors (Lipinski definition) is 3. The molecule has 0 aromatic rings. The van der Waals surface area contributed by atoms with E-state index in [2.05, 4.69) is 5.32 Å². The Bertz CT molecular complexity index is 154. The highest BCUT2D eigenvalue weighted by Crippen LogP contribution is 2.55. The Kier molecular flexibility index (Phi) is 3.05. The van der Waals surface area contributed by atoms with Gasteiger partial charge in [-0.3, -0.25) is 4.79 Å². The third-order valence-corrected chi connectivity index (χ3v) is 2.86. The monoisotopic (exact) mass is 173 g/mol. The van der Waals surface area contributed by atoms with Gasteiger partial charge in [-0.1, -0.05) is 0 Å². The summed E-state index contributed by atoms with van der Waals surface area (Å²) in [5.41, 5.74) is 0.550. The number of carbonyl (C=O) groups is 1. The van der Waals surface area contributed by atoms with Gasteiger partial charge in [-0.15, -0.1) is 0 Å². The second kappa shape index (κ2) is 3.87. The molecule has 0 bridgehead atoms. The van der Waals surface area contributed by atoms with Gasteiger partial charge in [-0.25, -0.2) is 0 Å². The lowest BCUT2D eigenvalue weighted by Gasteiger charge is -2.02. The molecule has 70 valence electrons. The van der Waals surface area contributed by atoms with Crippen LogP contribution in [0, 0.1) is 11.3 Å². The van der Waals surface area contributed by atoms with Crippen LogP contribution in [0.15, 0.2) is 0 Å².